The predicted octanol–water partition coefficient (Wildman–Crippen LogP) is 2.99. The van der Waals surface area contributed by atoms with Crippen molar-refractivity contribution in [2.45, 2.75) is 18.2 Å². The molecule has 0 saturated carbocycles. The molecule has 2 saturated heterocycles. The van der Waals surface area contributed by atoms with Crippen LogP contribution in [0.5, 0.6) is 0 Å². The van der Waals surface area contributed by atoms with Gasteiger partial charge in [0.1, 0.15) is 0 Å². The van der Waals surface area contributed by atoms with E-state index in [2.05, 4.69) is 4.90 Å². The summed E-state index contributed by atoms with van der Waals surface area (Å²) in [5.74, 6) is -0.186. The van der Waals surface area contributed by atoms with Gasteiger partial charge in [-0.2, -0.15) is 4.31 Å². The molecule has 2 fully saturated rings. The summed E-state index contributed by atoms with van der Waals surface area (Å²) in [5, 5.41) is 0.654. The number of para-hydroxylation sites is 1. The molecule has 37 heavy (non-hydrogen) atoms. The first-order chi connectivity index (χ1) is 17.9. The Morgan fingerprint density at radius 2 is 1.68 bits per heavy atom. The Kier molecular flexibility index (Phi) is 8.18. The van der Waals surface area contributed by atoms with Crippen LogP contribution in [0.1, 0.15) is 22.3 Å². The maximum Gasteiger partial charge on any atom is 0.260 e. The normalized spacial score (nSPS) is 17.8. The molecule has 0 spiro atoms. The van der Waals surface area contributed by atoms with Crippen LogP contribution in [0.3, 0.4) is 0 Å². The van der Waals surface area contributed by atoms with Gasteiger partial charge in [-0.05, 0) is 49.2 Å². The molecular formula is C26H32N4O5S2. The number of benzene rings is 2. The number of ether oxygens (including phenoxy) is 2. The van der Waals surface area contributed by atoms with Gasteiger partial charge < -0.3 is 9.47 Å². The van der Waals surface area contributed by atoms with Crippen LogP contribution in [0.15, 0.2) is 47.4 Å². The Balaban J connectivity index is 1.37. The maximum absolute atomic E-state index is 13.7. The molecule has 1 aromatic heterocycles. The van der Waals surface area contributed by atoms with E-state index in [1.165, 1.54) is 27.8 Å². The van der Waals surface area contributed by atoms with E-state index < -0.39 is 10.0 Å². The summed E-state index contributed by atoms with van der Waals surface area (Å²) in [6, 6.07) is 12.3. The van der Waals surface area contributed by atoms with Crippen LogP contribution >= 0.6 is 11.3 Å². The zero-order valence-corrected chi connectivity index (χ0v) is 22.6. The van der Waals surface area contributed by atoms with E-state index in [1.807, 2.05) is 25.1 Å². The summed E-state index contributed by atoms with van der Waals surface area (Å²) in [5.41, 5.74) is 2.40. The zero-order valence-electron chi connectivity index (χ0n) is 21.0. The average molecular weight is 545 g/mol. The highest BCUT2D eigenvalue weighted by atomic mass is 32.2. The van der Waals surface area contributed by atoms with E-state index in [0.29, 0.717) is 43.5 Å². The van der Waals surface area contributed by atoms with Crippen molar-refractivity contribution >= 4 is 42.6 Å². The Labute approximate surface area is 221 Å². The predicted molar refractivity (Wildman–Crippen MR) is 144 cm³/mol. The maximum atomic E-state index is 13.7. The van der Waals surface area contributed by atoms with Crippen LogP contribution in [0.2, 0.25) is 0 Å². The minimum Gasteiger partial charge on any atom is -0.379 e. The summed E-state index contributed by atoms with van der Waals surface area (Å²) in [6.45, 7) is 8.10. The highest BCUT2D eigenvalue weighted by Crippen LogP contribution is 2.32. The first-order valence-electron chi connectivity index (χ1n) is 12.6. The van der Waals surface area contributed by atoms with Crippen LogP contribution < -0.4 is 4.90 Å². The largest absolute Gasteiger partial charge is 0.379 e. The van der Waals surface area contributed by atoms with Gasteiger partial charge in [0.25, 0.3) is 5.91 Å². The fraction of sp³-hybridized carbons (Fsp3) is 0.462. The molecule has 3 heterocycles. The zero-order chi connectivity index (χ0) is 25.8. The van der Waals surface area contributed by atoms with E-state index in [0.717, 1.165) is 55.0 Å². The second-order valence-electron chi connectivity index (χ2n) is 9.22. The van der Waals surface area contributed by atoms with E-state index in [9.17, 15) is 13.2 Å². The van der Waals surface area contributed by atoms with Gasteiger partial charge in [0, 0.05) is 44.8 Å². The Bertz CT molecular complexity index is 1330. The Morgan fingerprint density at radius 1 is 1.00 bits per heavy atom. The fourth-order valence-corrected chi connectivity index (χ4v) is 7.09. The number of aryl methyl sites for hydroxylation is 1. The van der Waals surface area contributed by atoms with Gasteiger partial charge in [-0.25, -0.2) is 13.4 Å². The van der Waals surface area contributed by atoms with Crippen molar-refractivity contribution in [3.05, 3.63) is 53.6 Å². The first kappa shape index (κ1) is 26.2. The van der Waals surface area contributed by atoms with Crippen molar-refractivity contribution in [1.82, 2.24) is 14.2 Å². The van der Waals surface area contributed by atoms with Crippen LogP contribution in [0, 0.1) is 6.92 Å². The van der Waals surface area contributed by atoms with Crippen LogP contribution in [0.25, 0.3) is 10.2 Å². The summed E-state index contributed by atoms with van der Waals surface area (Å²) in [4.78, 5) is 22.8. The van der Waals surface area contributed by atoms with Gasteiger partial charge in [0.2, 0.25) is 10.0 Å². The second-order valence-corrected chi connectivity index (χ2v) is 12.2. The molecule has 1 amide bonds. The third-order valence-electron chi connectivity index (χ3n) is 6.75. The van der Waals surface area contributed by atoms with Crippen LogP contribution in [0.4, 0.5) is 5.13 Å². The number of carbonyl (C=O) groups is 1. The molecule has 3 aromatic rings. The monoisotopic (exact) mass is 544 g/mol. The van der Waals surface area contributed by atoms with Gasteiger partial charge in [0.05, 0.1) is 41.5 Å². The topological polar surface area (TPSA) is 92.3 Å². The van der Waals surface area contributed by atoms with Crippen molar-refractivity contribution in [2.24, 2.45) is 0 Å². The van der Waals surface area contributed by atoms with E-state index in [4.69, 9.17) is 14.5 Å². The summed E-state index contributed by atoms with van der Waals surface area (Å²) >= 11 is 1.50. The Morgan fingerprint density at radius 3 is 2.35 bits per heavy atom. The minimum atomic E-state index is -3.62. The highest BCUT2D eigenvalue weighted by molar-refractivity contribution is 7.89. The number of aromatic nitrogens is 1. The molecule has 2 aliphatic rings. The summed E-state index contributed by atoms with van der Waals surface area (Å²) in [6.07, 6.45) is 0.796. The lowest BCUT2D eigenvalue weighted by Gasteiger charge is -2.28. The average Bonchev–Trinajstić information content (AvgIpc) is 3.37. The number of amides is 1. The van der Waals surface area contributed by atoms with E-state index in [1.54, 1.807) is 17.0 Å². The van der Waals surface area contributed by atoms with Crippen LogP contribution in [-0.4, -0.2) is 94.2 Å². The number of thiazole rings is 1. The molecule has 0 atom stereocenters. The highest BCUT2D eigenvalue weighted by Gasteiger charge is 2.27. The van der Waals surface area contributed by atoms with Gasteiger partial charge in [-0.15, -0.1) is 0 Å². The number of rotatable bonds is 8. The lowest BCUT2D eigenvalue weighted by Crippen LogP contribution is -2.40. The summed E-state index contributed by atoms with van der Waals surface area (Å²) in [7, 11) is -3.62. The minimum absolute atomic E-state index is 0.181. The number of morpholine rings is 2. The second kappa shape index (κ2) is 11.5. The number of hydrogen-bond acceptors (Lipinski definition) is 8. The molecule has 0 aliphatic carbocycles. The van der Waals surface area contributed by atoms with Crippen LogP contribution in [-0.2, 0) is 19.5 Å². The molecule has 198 valence electrons. The number of sulfonamides is 1. The molecule has 0 N–H and O–H groups in total. The van der Waals surface area contributed by atoms with Crippen molar-refractivity contribution in [3.8, 4) is 0 Å². The lowest BCUT2D eigenvalue weighted by atomic mass is 10.2. The SMILES string of the molecule is Cc1cccc2sc(N(CCCN3CCOCC3)C(=O)c3ccc(S(=O)(=O)N4CCOCC4)cc3)nc12. The van der Waals surface area contributed by atoms with Gasteiger partial charge >= 0.3 is 0 Å². The molecular weight excluding hydrogens is 512 g/mol. The van der Waals surface area contributed by atoms with Gasteiger partial charge in [0.15, 0.2) is 5.13 Å². The quantitative estimate of drug-likeness (QED) is 0.431. The van der Waals surface area contributed by atoms with E-state index in [-0.39, 0.29) is 10.8 Å². The Hall–Kier alpha value is -2.41. The molecule has 0 unspecified atom stereocenters. The number of carbonyl (C=O) groups excluding carboxylic acids is 1. The number of anilines is 1. The molecule has 2 aliphatic heterocycles. The molecule has 11 heteroatoms. The third-order valence-corrected chi connectivity index (χ3v) is 9.71. The van der Waals surface area contributed by atoms with Gasteiger partial charge in [-0.3, -0.25) is 14.6 Å². The van der Waals surface area contributed by atoms with Crippen molar-refractivity contribution in [2.75, 3.05) is 70.6 Å². The first-order valence-corrected chi connectivity index (χ1v) is 14.9. The van der Waals surface area contributed by atoms with Crippen molar-refractivity contribution in [3.63, 3.8) is 0 Å². The van der Waals surface area contributed by atoms with E-state index >= 15 is 0 Å². The fourth-order valence-electron chi connectivity index (χ4n) is 4.61. The molecule has 2 aromatic carbocycles. The number of fused-ring (bicyclic) bond motifs is 1. The third kappa shape index (κ3) is 5.87. The molecule has 0 radical (unpaired) electrons. The number of hydrogen-bond donors (Lipinski definition) is 0. The lowest BCUT2D eigenvalue weighted by molar-refractivity contribution is 0.0376. The molecule has 9 nitrogen and oxygen atoms in total. The van der Waals surface area contributed by atoms with Crippen molar-refractivity contribution < 1.29 is 22.7 Å². The smallest absolute Gasteiger partial charge is 0.260 e. The van der Waals surface area contributed by atoms with Crippen molar-refractivity contribution in [1.29, 1.82) is 0 Å². The summed E-state index contributed by atoms with van der Waals surface area (Å²) < 4.78 is 39.2. The molecule has 0 bridgehead atoms. The van der Waals surface area contributed by atoms with Gasteiger partial charge in [-0.1, -0.05) is 23.5 Å². The number of nitrogens with zero attached hydrogens (tertiary/aromatic N) is 4. The standard InChI is InChI=1S/C26H32N4O5S2/c1-20-4-2-5-23-24(20)27-26(36-23)30(11-3-10-28-12-16-34-17-13-28)25(31)21-6-8-22(9-7-21)37(32,33)29-14-18-35-19-15-29/h2,4-9H,3,10-19H2,1H3. The molecule has 5 rings (SSSR count).